The van der Waals surface area contributed by atoms with E-state index in [0.717, 1.165) is 34.4 Å². The number of pyridine rings is 1. The maximum Gasteiger partial charge on any atom is 0.413 e. The first-order valence-corrected chi connectivity index (χ1v) is 11.5. The predicted molar refractivity (Wildman–Crippen MR) is 138 cm³/mol. The Morgan fingerprint density at radius 2 is 1.62 bits per heavy atom. The maximum atomic E-state index is 12.1. The first-order chi connectivity index (χ1) is 16.3. The van der Waals surface area contributed by atoms with E-state index in [2.05, 4.69) is 29.4 Å². The van der Waals surface area contributed by atoms with Crippen molar-refractivity contribution in [1.82, 2.24) is 4.98 Å². The van der Waals surface area contributed by atoms with Crippen molar-refractivity contribution in [3.63, 3.8) is 0 Å². The predicted octanol–water partition coefficient (Wildman–Crippen LogP) is 6.14. The molecule has 0 saturated heterocycles. The molecule has 0 aliphatic heterocycles. The number of carbonyl (C=O) groups excluding carboxylic acids is 1. The Morgan fingerprint density at radius 3 is 2.18 bits per heavy atom. The van der Waals surface area contributed by atoms with Gasteiger partial charge in [0.25, 0.3) is 0 Å². The third-order valence-corrected chi connectivity index (χ3v) is 4.99. The highest BCUT2D eigenvalue weighted by atomic mass is 16.6. The molecule has 0 unspecified atom stereocenters. The molecular formula is C28H33N3O3. The molecule has 3 aromatic rings. The summed E-state index contributed by atoms with van der Waals surface area (Å²) in [6, 6.07) is 22.1. The Hall–Kier alpha value is -3.64. The zero-order chi connectivity index (χ0) is 24.6. The summed E-state index contributed by atoms with van der Waals surface area (Å²) >= 11 is 0. The van der Waals surface area contributed by atoms with Crippen LogP contribution in [0.15, 0.2) is 72.9 Å². The van der Waals surface area contributed by atoms with Gasteiger partial charge in [0.15, 0.2) is 0 Å². The molecule has 6 heteroatoms. The molecule has 0 radical (unpaired) electrons. The minimum atomic E-state index is -0.578. The van der Waals surface area contributed by atoms with Crippen LogP contribution in [0.2, 0.25) is 0 Å². The molecule has 0 atom stereocenters. The fraction of sp³-hybridized carbons (Fsp3) is 0.286. The first kappa shape index (κ1) is 25.0. The van der Waals surface area contributed by atoms with Crippen LogP contribution in [0.3, 0.4) is 0 Å². The van der Waals surface area contributed by atoms with Crippen LogP contribution in [0, 0.1) is 0 Å². The van der Waals surface area contributed by atoms with Crippen molar-refractivity contribution in [3.05, 3.63) is 89.6 Å². The van der Waals surface area contributed by atoms with Gasteiger partial charge in [0.05, 0.1) is 0 Å². The number of nitrogens with one attached hydrogen (secondary N) is 1. The molecule has 34 heavy (non-hydrogen) atoms. The Balaban J connectivity index is 1.99. The van der Waals surface area contributed by atoms with E-state index in [1.165, 1.54) is 5.57 Å². The van der Waals surface area contributed by atoms with E-state index in [0.29, 0.717) is 19.0 Å². The van der Waals surface area contributed by atoms with E-state index < -0.39 is 11.7 Å². The highest BCUT2D eigenvalue weighted by Crippen LogP contribution is 2.35. The van der Waals surface area contributed by atoms with Gasteiger partial charge in [-0.15, -0.1) is 0 Å². The minimum absolute atomic E-state index is 0.431. The van der Waals surface area contributed by atoms with E-state index in [1.54, 1.807) is 12.3 Å². The van der Waals surface area contributed by atoms with Crippen molar-refractivity contribution in [2.45, 2.75) is 39.7 Å². The molecule has 178 valence electrons. The fourth-order valence-electron chi connectivity index (χ4n) is 3.60. The largest absolute Gasteiger partial charge is 0.492 e. The molecule has 3 N–H and O–H groups in total. The molecule has 0 bridgehead atoms. The zero-order valence-electron chi connectivity index (χ0n) is 20.3. The molecule has 6 nitrogen and oxygen atoms in total. The number of amides is 1. The number of allylic oxidation sites excluding steroid dienone is 1. The van der Waals surface area contributed by atoms with Crippen LogP contribution in [0.4, 0.5) is 10.6 Å². The summed E-state index contributed by atoms with van der Waals surface area (Å²) in [5.74, 6) is 1.21. The number of aromatic nitrogens is 1. The smallest absolute Gasteiger partial charge is 0.413 e. The number of nitrogens with zero attached hydrogens (tertiary/aromatic N) is 1. The van der Waals surface area contributed by atoms with Gasteiger partial charge in [0.2, 0.25) is 0 Å². The van der Waals surface area contributed by atoms with Crippen molar-refractivity contribution in [2.75, 3.05) is 18.5 Å². The normalized spacial score (nSPS) is 12.0. The van der Waals surface area contributed by atoms with Crippen LogP contribution in [-0.2, 0) is 4.74 Å². The van der Waals surface area contributed by atoms with Gasteiger partial charge in [-0.2, -0.15) is 0 Å². The van der Waals surface area contributed by atoms with Crippen molar-refractivity contribution in [2.24, 2.45) is 5.73 Å². The second-order valence-electron chi connectivity index (χ2n) is 8.79. The molecule has 0 aliphatic carbocycles. The first-order valence-electron chi connectivity index (χ1n) is 11.5. The zero-order valence-corrected chi connectivity index (χ0v) is 20.3. The van der Waals surface area contributed by atoms with E-state index >= 15 is 0 Å². The van der Waals surface area contributed by atoms with Crippen LogP contribution in [0.5, 0.6) is 5.75 Å². The van der Waals surface area contributed by atoms with Gasteiger partial charge < -0.3 is 15.2 Å². The monoisotopic (exact) mass is 459 g/mol. The molecule has 1 amide bonds. The van der Waals surface area contributed by atoms with E-state index in [1.807, 2.05) is 69.3 Å². The van der Waals surface area contributed by atoms with Gasteiger partial charge in [0, 0.05) is 18.3 Å². The molecule has 0 saturated carbocycles. The molecule has 2 aromatic carbocycles. The standard InChI is InChI=1S/C28H33N3O3/c1-5-24(20-9-7-6-8-10-20)26(21-11-14-23(15-12-21)33-18-17-29)22-13-16-25(30-19-22)31-27(32)34-28(2,3)4/h6-16,19H,5,17-18,29H2,1-4H3,(H,30,31,32)/b26-24+. The van der Waals surface area contributed by atoms with Gasteiger partial charge in [-0.3, -0.25) is 5.32 Å². The number of ether oxygens (including phenoxy) is 2. The SMILES string of the molecule is CC/C(=C(/c1ccc(OCCN)cc1)c1ccc(NC(=O)OC(C)(C)C)nc1)c1ccccc1. The average Bonchev–Trinajstić information content (AvgIpc) is 2.81. The highest BCUT2D eigenvalue weighted by molar-refractivity contribution is 5.98. The summed E-state index contributed by atoms with van der Waals surface area (Å²) in [6.45, 7) is 8.55. The maximum absolute atomic E-state index is 12.1. The molecule has 3 rings (SSSR count). The van der Waals surface area contributed by atoms with E-state index in [-0.39, 0.29) is 0 Å². The third-order valence-electron chi connectivity index (χ3n) is 4.99. The molecule has 0 spiro atoms. The summed E-state index contributed by atoms with van der Waals surface area (Å²) in [4.78, 5) is 16.6. The summed E-state index contributed by atoms with van der Waals surface area (Å²) in [5, 5.41) is 2.69. The fourth-order valence-corrected chi connectivity index (χ4v) is 3.60. The summed E-state index contributed by atoms with van der Waals surface area (Å²) in [5.41, 5.74) is 10.4. The number of rotatable bonds is 8. The molecule has 1 aromatic heterocycles. The van der Waals surface area contributed by atoms with Crippen LogP contribution in [0.25, 0.3) is 11.1 Å². The van der Waals surface area contributed by atoms with Gasteiger partial charge >= 0.3 is 6.09 Å². The number of nitrogens with two attached hydrogens (primary N) is 1. The number of anilines is 1. The van der Waals surface area contributed by atoms with Gasteiger partial charge in [-0.1, -0.05) is 49.4 Å². The van der Waals surface area contributed by atoms with E-state index in [9.17, 15) is 4.79 Å². The topological polar surface area (TPSA) is 86.5 Å². The van der Waals surface area contributed by atoms with Crippen LogP contribution < -0.4 is 15.8 Å². The second-order valence-corrected chi connectivity index (χ2v) is 8.79. The third kappa shape index (κ3) is 6.93. The van der Waals surface area contributed by atoms with Crippen molar-refractivity contribution >= 4 is 23.1 Å². The number of hydrogen-bond acceptors (Lipinski definition) is 5. The Labute approximate surface area is 201 Å². The van der Waals surface area contributed by atoms with Crippen LogP contribution in [0.1, 0.15) is 50.8 Å². The number of hydrogen-bond donors (Lipinski definition) is 2. The quantitative estimate of drug-likeness (QED) is 0.395. The van der Waals surface area contributed by atoms with Crippen molar-refractivity contribution < 1.29 is 14.3 Å². The minimum Gasteiger partial charge on any atom is -0.492 e. The average molecular weight is 460 g/mol. The highest BCUT2D eigenvalue weighted by Gasteiger charge is 2.17. The molecule has 1 heterocycles. The Morgan fingerprint density at radius 1 is 0.941 bits per heavy atom. The van der Waals surface area contributed by atoms with Gasteiger partial charge in [-0.25, -0.2) is 9.78 Å². The summed E-state index contributed by atoms with van der Waals surface area (Å²) in [6.07, 6.45) is 2.08. The molecular weight excluding hydrogens is 426 g/mol. The summed E-state index contributed by atoms with van der Waals surface area (Å²) in [7, 11) is 0. The Bertz CT molecular complexity index is 1100. The lowest BCUT2D eigenvalue weighted by molar-refractivity contribution is 0.0635. The number of benzene rings is 2. The summed E-state index contributed by atoms with van der Waals surface area (Å²) < 4.78 is 11.0. The molecule has 0 fully saturated rings. The lowest BCUT2D eigenvalue weighted by Gasteiger charge is -2.19. The van der Waals surface area contributed by atoms with Crippen LogP contribution >= 0.6 is 0 Å². The van der Waals surface area contributed by atoms with Gasteiger partial charge in [-0.05, 0) is 73.7 Å². The molecule has 0 aliphatic rings. The van der Waals surface area contributed by atoms with Crippen LogP contribution in [-0.4, -0.2) is 29.8 Å². The van der Waals surface area contributed by atoms with Crippen molar-refractivity contribution in [3.8, 4) is 5.75 Å². The second kappa shape index (κ2) is 11.5. The van der Waals surface area contributed by atoms with Gasteiger partial charge in [0.1, 0.15) is 23.8 Å². The van der Waals surface area contributed by atoms with Crippen molar-refractivity contribution in [1.29, 1.82) is 0 Å². The lowest BCUT2D eigenvalue weighted by Crippen LogP contribution is -2.27. The lowest BCUT2D eigenvalue weighted by atomic mass is 9.89. The Kier molecular flexibility index (Phi) is 8.44. The number of carbonyl (C=O) groups is 1. The van der Waals surface area contributed by atoms with E-state index in [4.69, 9.17) is 15.2 Å².